The Morgan fingerprint density at radius 3 is 0.875 bits per heavy atom. The van der Waals surface area contributed by atoms with E-state index in [0.717, 1.165) is 0 Å². The van der Waals surface area contributed by atoms with Crippen LogP contribution in [0.3, 0.4) is 0 Å². The molecule has 0 aliphatic rings. The van der Waals surface area contributed by atoms with Crippen molar-refractivity contribution >= 4 is 16.5 Å². The van der Waals surface area contributed by atoms with Crippen LogP contribution in [0.1, 0.15) is 20.8 Å². The number of hydrogen-bond acceptors (Lipinski definition) is 0. The number of halogens is 3. The first-order valence-electron chi connectivity index (χ1n) is 1.75. The average Bonchev–Trinajstić information content (AvgIpc) is 0.722. The summed E-state index contributed by atoms with van der Waals surface area (Å²) in [6.07, 6.45) is 0. The summed E-state index contributed by atoms with van der Waals surface area (Å²) in [4.78, 5) is 0. The van der Waals surface area contributed by atoms with Crippen LogP contribution < -0.4 is 37.2 Å². The molecular weight excluding hydrogens is 227 g/mol. The second-order valence-electron chi connectivity index (χ2n) is 2.25. The fourth-order valence-electron chi connectivity index (χ4n) is 0. The van der Waals surface area contributed by atoms with E-state index in [2.05, 4.69) is 37.3 Å². The Labute approximate surface area is 78.6 Å². The summed E-state index contributed by atoms with van der Waals surface area (Å²) < 4.78 is 0.500. The second-order valence-corrected chi connectivity index (χ2v) is 5.40. The van der Waals surface area contributed by atoms with Crippen molar-refractivity contribution < 1.29 is 37.2 Å². The minimum absolute atomic E-state index is 0. The molecule has 0 amide bonds. The quantitative estimate of drug-likeness (QED) is 0.367. The first-order valence-corrected chi connectivity index (χ1v) is 2.80. The van der Waals surface area contributed by atoms with Crippen molar-refractivity contribution in [2.45, 2.75) is 25.0 Å². The zero-order valence-electron chi connectivity index (χ0n) is 5.13. The van der Waals surface area contributed by atoms with E-state index >= 15 is 0 Å². The van der Waals surface area contributed by atoms with Gasteiger partial charge in [-0.15, -0.1) is 0 Å². The van der Waals surface area contributed by atoms with Gasteiger partial charge in [0.15, 0.2) is 0 Å². The van der Waals surface area contributed by atoms with Crippen LogP contribution in [0.25, 0.3) is 0 Å². The number of rotatable bonds is 0. The molecule has 0 N–H and O–H groups in total. The summed E-state index contributed by atoms with van der Waals surface area (Å²) in [7, 11) is 0. The standard InChI is InChI=1S/C4H9Ge.3ClH/c1-4(2,3)5;;;/h1-3H3;3*1H/q+3;;;/p-3. The third-order valence-electron chi connectivity index (χ3n) is 0. The van der Waals surface area contributed by atoms with Gasteiger partial charge >= 0.3 is 41.5 Å². The van der Waals surface area contributed by atoms with Crippen LogP contribution in [0.2, 0.25) is 4.25 Å². The van der Waals surface area contributed by atoms with Gasteiger partial charge in [-0.2, -0.15) is 0 Å². The molecule has 0 bridgehead atoms. The van der Waals surface area contributed by atoms with E-state index in [1.807, 2.05) is 0 Å². The Kier molecular flexibility index (Phi) is 23.9. The van der Waals surface area contributed by atoms with Crippen LogP contribution in [-0.4, -0.2) is 16.5 Å². The molecule has 0 atom stereocenters. The summed E-state index contributed by atoms with van der Waals surface area (Å²) >= 11 is 2.19. The smallest absolute Gasteiger partial charge is 1.00 e. The maximum Gasteiger partial charge on any atom is -1.00 e. The molecule has 50 valence electrons. The van der Waals surface area contributed by atoms with Crippen molar-refractivity contribution in [2.75, 3.05) is 0 Å². The fraction of sp³-hybridized carbons (Fsp3) is 1.00. The Morgan fingerprint density at radius 2 is 0.875 bits per heavy atom. The van der Waals surface area contributed by atoms with Crippen LogP contribution >= 0.6 is 0 Å². The van der Waals surface area contributed by atoms with E-state index in [0.29, 0.717) is 4.25 Å². The van der Waals surface area contributed by atoms with Crippen LogP contribution in [0.15, 0.2) is 0 Å². The van der Waals surface area contributed by atoms with E-state index in [1.54, 1.807) is 0 Å². The molecule has 4 heteroatoms. The van der Waals surface area contributed by atoms with Gasteiger partial charge in [0.25, 0.3) is 0 Å². The SMILES string of the molecule is C[C](C)(C)[Ge+3].[Cl-].[Cl-].[Cl-]. The van der Waals surface area contributed by atoms with Crippen LogP contribution in [0.4, 0.5) is 0 Å². The molecule has 0 spiro atoms. The molecule has 0 saturated carbocycles. The molecule has 0 aliphatic heterocycles. The summed E-state index contributed by atoms with van der Waals surface area (Å²) in [5.74, 6) is 0. The van der Waals surface area contributed by atoms with E-state index in [4.69, 9.17) is 0 Å². The fourth-order valence-corrected chi connectivity index (χ4v) is 0. The second kappa shape index (κ2) is 8.41. The van der Waals surface area contributed by atoms with Crippen molar-refractivity contribution in [3.05, 3.63) is 0 Å². The van der Waals surface area contributed by atoms with Gasteiger partial charge in [0.1, 0.15) is 0 Å². The van der Waals surface area contributed by atoms with Crippen molar-refractivity contribution in [1.82, 2.24) is 0 Å². The Morgan fingerprint density at radius 1 is 0.875 bits per heavy atom. The topological polar surface area (TPSA) is 0 Å². The molecule has 0 aromatic carbocycles. The maximum absolute atomic E-state index is 2.19. The molecule has 0 aliphatic carbocycles. The summed E-state index contributed by atoms with van der Waals surface area (Å²) in [5.41, 5.74) is 0. The van der Waals surface area contributed by atoms with Gasteiger partial charge in [0.05, 0.1) is 0 Å². The minimum Gasteiger partial charge on any atom is -1.00 e. The van der Waals surface area contributed by atoms with Gasteiger partial charge in [-0.05, 0) is 0 Å². The zero-order chi connectivity index (χ0) is 4.50. The molecule has 0 unspecified atom stereocenters. The van der Waals surface area contributed by atoms with Gasteiger partial charge < -0.3 is 37.2 Å². The van der Waals surface area contributed by atoms with Crippen molar-refractivity contribution in [3.63, 3.8) is 0 Å². The Bertz CT molecular complexity index is 26.8. The molecular formula is C4H9Cl3Ge. The Balaban J connectivity index is -0.0000000267. The summed E-state index contributed by atoms with van der Waals surface area (Å²) in [6, 6.07) is 0. The van der Waals surface area contributed by atoms with Crippen LogP contribution in [0, 0.1) is 0 Å². The molecule has 0 saturated heterocycles. The van der Waals surface area contributed by atoms with E-state index in [1.165, 1.54) is 0 Å². The van der Waals surface area contributed by atoms with Crippen LogP contribution in [0.5, 0.6) is 0 Å². The molecule has 0 heterocycles. The molecule has 0 fully saturated rings. The first-order chi connectivity index (χ1) is 2.00. The molecule has 0 aromatic heterocycles. The predicted molar refractivity (Wildman–Crippen MR) is 25.5 cm³/mol. The summed E-state index contributed by atoms with van der Waals surface area (Å²) in [6.45, 7) is 6.56. The molecule has 0 aromatic rings. The van der Waals surface area contributed by atoms with Gasteiger partial charge in [-0.1, -0.05) is 0 Å². The maximum atomic E-state index is 2.19. The van der Waals surface area contributed by atoms with E-state index in [-0.39, 0.29) is 37.2 Å². The Hall–Kier alpha value is 1.41. The van der Waals surface area contributed by atoms with Crippen molar-refractivity contribution in [1.29, 1.82) is 0 Å². The number of hydrogen-bond donors (Lipinski definition) is 0. The van der Waals surface area contributed by atoms with Crippen molar-refractivity contribution in [3.8, 4) is 0 Å². The largest absolute Gasteiger partial charge is 1.00 e. The van der Waals surface area contributed by atoms with Gasteiger partial charge in [-0.3, -0.25) is 0 Å². The monoisotopic (exact) mass is 236 g/mol. The van der Waals surface area contributed by atoms with Crippen LogP contribution in [-0.2, 0) is 0 Å². The van der Waals surface area contributed by atoms with Gasteiger partial charge in [0, 0.05) is 0 Å². The van der Waals surface area contributed by atoms with Gasteiger partial charge in [0.2, 0.25) is 0 Å². The van der Waals surface area contributed by atoms with E-state index in [9.17, 15) is 0 Å². The van der Waals surface area contributed by atoms with Gasteiger partial charge in [-0.25, -0.2) is 0 Å². The minimum atomic E-state index is 0. The average molecular weight is 236 g/mol. The molecule has 0 radical (unpaired) electrons. The van der Waals surface area contributed by atoms with E-state index < -0.39 is 0 Å². The zero-order valence-corrected chi connectivity index (χ0v) is 9.50. The molecule has 0 rings (SSSR count). The third-order valence-corrected chi connectivity index (χ3v) is 0. The molecule has 8 heavy (non-hydrogen) atoms. The molecule has 0 nitrogen and oxygen atoms in total. The normalized spacial score (nSPS) is 7.62. The third kappa shape index (κ3) is 153. The summed E-state index contributed by atoms with van der Waals surface area (Å²) in [5, 5.41) is 0. The predicted octanol–water partition coefficient (Wildman–Crippen LogP) is -7.61. The first kappa shape index (κ1) is 22.7. The van der Waals surface area contributed by atoms with Crippen molar-refractivity contribution in [2.24, 2.45) is 0 Å².